The van der Waals surface area contributed by atoms with E-state index < -0.39 is 17.9 Å². The highest BCUT2D eigenvalue weighted by molar-refractivity contribution is 6.03. The normalized spacial score (nSPS) is 16.8. The molecular weight excluding hydrogens is 248 g/mol. The Bertz CT molecular complexity index is 576. The van der Waals surface area contributed by atoms with E-state index in [1.807, 2.05) is 6.07 Å². The number of methoxy groups -OCH3 is 2. The summed E-state index contributed by atoms with van der Waals surface area (Å²) < 4.78 is 9.66. The molecule has 0 aromatic heterocycles. The number of hydrogen-bond acceptors (Lipinski definition) is 5. The number of carbonyl (C=O) groups is 2. The van der Waals surface area contributed by atoms with Crippen molar-refractivity contribution < 1.29 is 19.1 Å². The van der Waals surface area contributed by atoms with Crippen molar-refractivity contribution in [3.8, 4) is 11.8 Å². The van der Waals surface area contributed by atoms with Crippen LogP contribution in [0.1, 0.15) is 22.0 Å². The highest BCUT2D eigenvalue weighted by Gasteiger charge is 2.40. The molecule has 1 amide bonds. The lowest BCUT2D eigenvalue weighted by Gasteiger charge is -2.18. The van der Waals surface area contributed by atoms with Crippen LogP contribution >= 0.6 is 0 Å². The molecule has 1 atom stereocenters. The largest absolute Gasteiger partial charge is 0.496 e. The number of rotatable bonds is 3. The van der Waals surface area contributed by atoms with Crippen molar-refractivity contribution >= 4 is 11.9 Å². The summed E-state index contributed by atoms with van der Waals surface area (Å²) in [4.78, 5) is 24.8. The first-order valence-corrected chi connectivity index (χ1v) is 5.58. The van der Waals surface area contributed by atoms with Gasteiger partial charge in [-0.3, -0.25) is 9.59 Å². The van der Waals surface area contributed by atoms with Gasteiger partial charge >= 0.3 is 5.97 Å². The Kier molecular flexibility index (Phi) is 3.38. The van der Waals surface area contributed by atoms with Gasteiger partial charge in [0, 0.05) is 5.56 Å². The molecule has 98 valence electrons. The van der Waals surface area contributed by atoms with Gasteiger partial charge in [-0.15, -0.1) is 0 Å². The molecular formula is C13H12N2O4. The van der Waals surface area contributed by atoms with Gasteiger partial charge < -0.3 is 14.4 Å². The topological polar surface area (TPSA) is 79.6 Å². The first kappa shape index (κ1) is 12.9. The number of nitriles is 1. The van der Waals surface area contributed by atoms with E-state index in [0.29, 0.717) is 16.9 Å². The Balaban J connectivity index is 2.45. The summed E-state index contributed by atoms with van der Waals surface area (Å²) in [5, 5.41) is 9.21. The molecule has 0 radical (unpaired) electrons. The lowest BCUT2D eigenvalue weighted by molar-refractivity contribution is -0.141. The molecule has 0 aliphatic carbocycles. The van der Waals surface area contributed by atoms with Crippen molar-refractivity contribution in [1.29, 1.82) is 5.26 Å². The summed E-state index contributed by atoms with van der Waals surface area (Å²) in [6.07, 6.45) is 0. The predicted octanol–water partition coefficient (Wildman–Crippen LogP) is 0.889. The van der Waals surface area contributed by atoms with Crippen LogP contribution in [0.15, 0.2) is 18.2 Å². The molecule has 6 nitrogen and oxygen atoms in total. The van der Waals surface area contributed by atoms with E-state index in [1.54, 1.807) is 18.2 Å². The predicted molar refractivity (Wildman–Crippen MR) is 64.4 cm³/mol. The number of esters is 1. The molecule has 0 bridgehead atoms. The van der Waals surface area contributed by atoms with Gasteiger partial charge in [0.25, 0.3) is 5.91 Å². The monoisotopic (exact) mass is 260 g/mol. The highest BCUT2D eigenvalue weighted by Crippen LogP contribution is 2.37. The molecule has 1 aromatic carbocycles. The summed E-state index contributed by atoms with van der Waals surface area (Å²) in [5.74, 6) is -0.570. The summed E-state index contributed by atoms with van der Waals surface area (Å²) in [7, 11) is 2.69. The van der Waals surface area contributed by atoms with E-state index in [0.717, 1.165) is 0 Å². The van der Waals surface area contributed by atoms with Gasteiger partial charge in [-0.05, 0) is 6.07 Å². The van der Waals surface area contributed by atoms with E-state index in [2.05, 4.69) is 4.74 Å². The Labute approximate surface area is 110 Å². The second-order valence-electron chi connectivity index (χ2n) is 3.97. The summed E-state index contributed by atoms with van der Waals surface area (Å²) in [6, 6.07) is 6.26. The van der Waals surface area contributed by atoms with E-state index in [9.17, 15) is 14.9 Å². The number of carbonyl (C=O) groups excluding carboxylic acids is 2. The van der Waals surface area contributed by atoms with Crippen LogP contribution in [0.3, 0.4) is 0 Å². The van der Waals surface area contributed by atoms with Crippen LogP contribution in [0.5, 0.6) is 5.75 Å². The van der Waals surface area contributed by atoms with Crippen molar-refractivity contribution in [3.05, 3.63) is 29.3 Å². The first-order chi connectivity index (χ1) is 9.13. The molecule has 1 unspecified atom stereocenters. The molecule has 1 aliphatic rings. The van der Waals surface area contributed by atoms with E-state index >= 15 is 0 Å². The lowest BCUT2D eigenvalue weighted by Crippen LogP contribution is -2.33. The number of ether oxygens (including phenoxy) is 2. The molecule has 6 heteroatoms. The molecule has 1 aromatic rings. The molecule has 2 rings (SSSR count). The second-order valence-corrected chi connectivity index (χ2v) is 3.97. The molecule has 0 fully saturated rings. The number of amides is 1. The standard InChI is InChI=1S/C13H12N2O4/c1-18-10-5-3-4-8-9(6-14)15(7-11(16)19-2)13(17)12(8)10/h3-5,9H,7H2,1-2H3. The summed E-state index contributed by atoms with van der Waals surface area (Å²) >= 11 is 0. The van der Waals surface area contributed by atoms with Crippen molar-refractivity contribution in [3.63, 3.8) is 0 Å². The number of nitrogens with zero attached hydrogens (tertiary/aromatic N) is 2. The van der Waals surface area contributed by atoms with Gasteiger partial charge in [-0.2, -0.15) is 5.26 Å². The average molecular weight is 260 g/mol. The Hall–Kier alpha value is -2.55. The van der Waals surface area contributed by atoms with Gasteiger partial charge in [0.2, 0.25) is 0 Å². The summed E-state index contributed by atoms with van der Waals surface area (Å²) in [6.45, 7) is -0.259. The molecule has 0 spiro atoms. The molecule has 19 heavy (non-hydrogen) atoms. The Morgan fingerprint density at radius 3 is 2.79 bits per heavy atom. The van der Waals surface area contributed by atoms with Gasteiger partial charge in [-0.25, -0.2) is 0 Å². The molecule has 0 saturated carbocycles. The SMILES string of the molecule is COC(=O)CN1C(=O)c2c(OC)cccc2C1C#N. The minimum atomic E-state index is -0.795. The molecule has 1 aliphatic heterocycles. The zero-order chi connectivity index (χ0) is 14.0. The van der Waals surface area contributed by atoms with E-state index in [4.69, 9.17) is 4.74 Å². The van der Waals surface area contributed by atoms with Gasteiger partial charge in [-0.1, -0.05) is 12.1 Å². The lowest BCUT2D eigenvalue weighted by atomic mass is 10.0. The van der Waals surface area contributed by atoms with Gasteiger partial charge in [0.1, 0.15) is 18.3 Å². The Morgan fingerprint density at radius 1 is 1.47 bits per heavy atom. The Morgan fingerprint density at radius 2 is 2.21 bits per heavy atom. The highest BCUT2D eigenvalue weighted by atomic mass is 16.5. The van der Waals surface area contributed by atoms with Crippen molar-refractivity contribution in [2.75, 3.05) is 20.8 Å². The molecule has 0 saturated heterocycles. The third kappa shape index (κ3) is 1.99. The van der Waals surface area contributed by atoms with Crippen LogP contribution in [-0.2, 0) is 9.53 Å². The van der Waals surface area contributed by atoms with E-state index in [1.165, 1.54) is 19.1 Å². The van der Waals surface area contributed by atoms with Crippen LogP contribution < -0.4 is 4.74 Å². The van der Waals surface area contributed by atoms with Gasteiger partial charge in [0.15, 0.2) is 0 Å². The first-order valence-electron chi connectivity index (χ1n) is 5.58. The minimum absolute atomic E-state index is 0.259. The van der Waals surface area contributed by atoms with Crippen LogP contribution in [0.2, 0.25) is 0 Å². The zero-order valence-corrected chi connectivity index (χ0v) is 10.5. The molecule has 1 heterocycles. The maximum absolute atomic E-state index is 12.3. The average Bonchev–Trinajstić information content (AvgIpc) is 2.71. The third-order valence-corrected chi connectivity index (χ3v) is 3.01. The van der Waals surface area contributed by atoms with E-state index in [-0.39, 0.29) is 6.54 Å². The van der Waals surface area contributed by atoms with Gasteiger partial charge in [0.05, 0.1) is 25.9 Å². The van der Waals surface area contributed by atoms with Crippen LogP contribution in [0.4, 0.5) is 0 Å². The number of hydrogen-bond donors (Lipinski definition) is 0. The number of fused-ring (bicyclic) bond motifs is 1. The zero-order valence-electron chi connectivity index (χ0n) is 10.5. The van der Waals surface area contributed by atoms with Crippen LogP contribution in [0.25, 0.3) is 0 Å². The molecule has 0 N–H and O–H groups in total. The van der Waals surface area contributed by atoms with Crippen LogP contribution in [0, 0.1) is 11.3 Å². The third-order valence-electron chi connectivity index (χ3n) is 3.01. The smallest absolute Gasteiger partial charge is 0.325 e. The minimum Gasteiger partial charge on any atom is -0.496 e. The fraction of sp³-hybridized carbons (Fsp3) is 0.308. The summed E-state index contributed by atoms with van der Waals surface area (Å²) in [5.41, 5.74) is 0.885. The van der Waals surface area contributed by atoms with Crippen molar-refractivity contribution in [2.45, 2.75) is 6.04 Å². The van der Waals surface area contributed by atoms with Crippen LogP contribution in [-0.4, -0.2) is 37.5 Å². The maximum atomic E-state index is 12.3. The maximum Gasteiger partial charge on any atom is 0.325 e. The second kappa shape index (κ2) is 4.98. The quantitative estimate of drug-likeness (QED) is 0.754. The number of benzene rings is 1. The fourth-order valence-electron chi connectivity index (χ4n) is 2.11. The van der Waals surface area contributed by atoms with Crippen molar-refractivity contribution in [1.82, 2.24) is 4.90 Å². The fourth-order valence-corrected chi connectivity index (χ4v) is 2.11. The van der Waals surface area contributed by atoms with Crippen molar-refractivity contribution in [2.24, 2.45) is 0 Å².